The monoisotopic (exact) mass is 289 g/mol. The molecular weight excluding hydrogens is 262 g/mol. The summed E-state index contributed by atoms with van der Waals surface area (Å²) >= 11 is 0. The molecule has 2 rings (SSSR count). The third-order valence-electron chi connectivity index (χ3n) is 4.88. The van der Waals surface area contributed by atoms with Crippen LogP contribution >= 0.6 is 0 Å². The first-order valence-corrected chi connectivity index (χ1v) is 7.94. The zero-order valence-corrected chi connectivity index (χ0v) is 13.7. The highest BCUT2D eigenvalue weighted by Crippen LogP contribution is 2.46. The molecule has 0 saturated heterocycles. The summed E-state index contributed by atoms with van der Waals surface area (Å²) in [4.78, 5) is 12.8. The van der Waals surface area contributed by atoms with Crippen LogP contribution in [0.3, 0.4) is 0 Å². The molecule has 1 fully saturated rings. The van der Waals surface area contributed by atoms with Crippen LogP contribution in [0.4, 0.5) is 5.69 Å². The van der Waals surface area contributed by atoms with Gasteiger partial charge in [0.2, 0.25) is 0 Å². The van der Waals surface area contributed by atoms with E-state index in [0.29, 0.717) is 6.61 Å². The van der Waals surface area contributed by atoms with Gasteiger partial charge in [-0.15, -0.1) is 0 Å². The Hall–Kier alpha value is -1.51. The zero-order valence-electron chi connectivity index (χ0n) is 13.7. The SMILES string of the molecule is CCOC(=O)C1(Nc2ccccc2C)CCCCC1(C)C. The van der Waals surface area contributed by atoms with E-state index in [-0.39, 0.29) is 11.4 Å². The molecule has 1 N–H and O–H groups in total. The Kier molecular flexibility index (Phi) is 4.60. The smallest absolute Gasteiger partial charge is 0.332 e. The van der Waals surface area contributed by atoms with Crippen molar-refractivity contribution in [3.8, 4) is 0 Å². The molecule has 3 heteroatoms. The van der Waals surface area contributed by atoms with Gasteiger partial charge in [-0.05, 0) is 43.7 Å². The molecule has 1 aromatic rings. The van der Waals surface area contributed by atoms with Crippen molar-refractivity contribution in [3.63, 3.8) is 0 Å². The maximum Gasteiger partial charge on any atom is 0.332 e. The number of aryl methyl sites for hydroxylation is 1. The van der Waals surface area contributed by atoms with Crippen LogP contribution in [0.15, 0.2) is 24.3 Å². The topological polar surface area (TPSA) is 38.3 Å². The number of anilines is 1. The number of ether oxygens (including phenoxy) is 1. The molecule has 0 amide bonds. The van der Waals surface area contributed by atoms with E-state index in [1.165, 1.54) is 6.42 Å². The van der Waals surface area contributed by atoms with Crippen LogP contribution in [0.2, 0.25) is 0 Å². The summed E-state index contributed by atoms with van der Waals surface area (Å²) in [5.74, 6) is -0.113. The van der Waals surface area contributed by atoms with Gasteiger partial charge in [-0.1, -0.05) is 44.9 Å². The van der Waals surface area contributed by atoms with Crippen LogP contribution in [0.5, 0.6) is 0 Å². The predicted octanol–water partition coefficient (Wildman–Crippen LogP) is 4.31. The average molecular weight is 289 g/mol. The highest BCUT2D eigenvalue weighted by Gasteiger charge is 2.53. The molecule has 1 aliphatic carbocycles. The predicted molar refractivity (Wildman–Crippen MR) is 86.4 cm³/mol. The van der Waals surface area contributed by atoms with Gasteiger partial charge in [-0.25, -0.2) is 4.79 Å². The van der Waals surface area contributed by atoms with Crippen molar-refractivity contribution in [1.29, 1.82) is 0 Å². The van der Waals surface area contributed by atoms with Gasteiger partial charge < -0.3 is 10.1 Å². The number of para-hydroxylation sites is 1. The lowest BCUT2D eigenvalue weighted by Gasteiger charge is -2.49. The van der Waals surface area contributed by atoms with Crippen LogP contribution in [0, 0.1) is 12.3 Å². The number of carbonyl (C=O) groups excluding carboxylic acids is 1. The van der Waals surface area contributed by atoms with Crippen LogP contribution in [0.1, 0.15) is 52.0 Å². The van der Waals surface area contributed by atoms with E-state index in [2.05, 4.69) is 32.2 Å². The first-order chi connectivity index (χ1) is 9.93. The summed E-state index contributed by atoms with van der Waals surface area (Å²) in [7, 11) is 0. The molecule has 21 heavy (non-hydrogen) atoms. The lowest BCUT2D eigenvalue weighted by atomic mass is 9.63. The van der Waals surface area contributed by atoms with E-state index in [0.717, 1.165) is 30.5 Å². The van der Waals surface area contributed by atoms with E-state index < -0.39 is 5.54 Å². The lowest BCUT2D eigenvalue weighted by molar-refractivity contribution is -0.155. The highest BCUT2D eigenvalue weighted by molar-refractivity contribution is 5.86. The minimum atomic E-state index is -0.632. The maximum atomic E-state index is 12.8. The zero-order chi connectivity index (χ0) is 15.5. The molecule has 0 radical (unpaired) electrons. The second-order valence-electron chi connectivity index (χ2n) is 6.66. The second kappa shape index (κ2) is 6.08. The van der Waals surface area contributed by atoms with Gasteiger partial charge in [-0.2, -0.15) is 0 Å². The average Bonchev–Trinajstić information content (AvgIpc) is 2.43. The summed E-state index contributed by atoms with van der Waals surface area (Å²) in [5.41, 5.74) is 1.43. The summed E-state index contributed by atoms with van der Waals surface area (Å²) in [6, 6.07) is 8.13. The Labute approximate surface area is 128 Å². The summed E-state index contributed by atoms with van der Waals surface area (Å²) in [6.07, 6.45) is 4.09. The molecule has 0 heterocycles. The molecule has 1 unspecified atom stereocenters. The maximum absolute atomic E-state index is 12.8. The highest BCUT2D eigenvalue weighted by atomic mass is 16.5. The van der Waals surface area contributed by atoms with Crippen molar-refractivity contribution >= 4 is 11.7 Å². The van der Waals surface area contributed by atoms with Gasteiger partial charge >= 0.3 is 5.97 Å². The Morgan fingerprint density at radius 3 is 2.52 bits per heavy atom. The quantitative estimate of drug-likeness (QED) is 0.839. The van der Waals surface area contributed by atoms with E-state index in [9.17, 15) is 4.79 Å². The van der Waals surface area contributed by atoms with Crippen molar-refractivity contribution in [1.82, 2.24) is 0 Å². The second-order valence-corrected chi connectivity index (χ2v) is 6.66. The Bertz CT molecular complexity index is 510. The normalized spacial score (nSPS) is 24.4. The fourth-order valence-corrected chi connectivity index (χ4v) is 3.37. The standard InChI is InChI=1S/C18H27NO2/c1-5-21-16(20)18(13-9-8-12-17(18,3)4)19-15-11-7-6-10-14(15)2/h6-7,10-11,19H,5,8-9,12-13H2,1-4H3. The van der Waals surface area contributed by atoms with E-state index >= 15 is 0 Å². The number of rotatable bonds is 4. The van der Waals surface area contributed by atoms with E-state index in [4.69, 9.17) is 4.74 Å². The van der Waals surface area contributed by atoms with Crippen LogP contribution in [0.25, 0.3) is 0 Å². The van der Waals surface area contributed by atoms with Gasteiger partial charge in [-0.3, -0.25) is 0 Å². The van der Waals surface area contributed by atoms with Crippen molar-refractivity contribution in [2.75, 3.05) is 11.9 Å². The molecule has 1 aromatic carbocycles. The molecule has 0 aliphatic heterocycles. The van der Waals surface area contributed by atoms with Crippen LogP contribution in [-0.2, 0) is 9.53 Å². The van der Waals surface area contributed by atoms with Gasteiger partial charge in [0.1, 0.15) is 5.54 Å². The third-order valence-corrected chi connectivity index (χ3v) is 4.88. The van der Waals surface area contributed by atoms with E-state index in [1.807, 2.05) is 25.1 Å². The van der Waals surface area contributed by atoms with Gasteiger partial charge in [0.15, 0.2) is 0 Å². The van der Waals surface area contributed by atoms with Crippen LogP contribution in [-0.4, -0.2) is 18.1 Å². The Balaban J connectivity index is 2.41. The molecule has 1 saturated carbocycles. The molecule has 1 atom stereocenters. The number of carbonyl (C=O) groups is 1. The van der Waals surface area contributed by atoms with E-state index in [1.54, 1.807) is 0 Å². The third kappa shape index (κ3) is 2.92. The Morgan fingerprint density at radius 1 is 1.24 bits per heavy atom. The number of hydrogen-bond acceptors (Lipinski definition) is 3. The molecule has 0 bridgehead atoms. The largest absolute Gasteiger partial charge is 0.464 e. The minimum absolute atomic E-state index is 0.113. The number of esters is 1. The van der Waals surface area contributed by atoms with Crippen molar-refractivity contribution in [2.45, 2.75) is 58.9 Å². The summed E-state index contributed by atoms with van der Waals surface area (Å²) < 4.78 is 5.43. The fourth-order valence-electron chi connectivity index (χ4n) is 3.37. The van der Waals surface area contributed by atoms with Gasteiger partial charge in [0, 0.05) is 5.69 Å². The van der Waals surface area contributed by atoms with Gasteiger partial charge in [0.05, 0.1) is 6.61 Å². The fraction of sp³-hybridized carbons (Fsp3) is 0.611. The minimum Gasteiger partial charge on any atom is -0.464 e. The lowest BCUT2D eigenvalue weighted by Crippen LogP contribution is -2.59. The number of nitrogens with one attached hydrogen (secondary N) is 1. The molecule has 3 nitrogen and oxygen atoms in total. The Morgan fingerprint density at radius 2 is 1.90 bits per heavy atom. The van der Waals surface area contributed by atoms with Crippen molar-refractivity contribution in [3.05, 3.63) is 29.8 Å². The first kappa shape index (κ1) is 15.9. The first-order valence-electron chi connectivity index (χ1n) is 7.94. The number of benzene rings is 1. The molecule has 0 aromatic heterocycles. The molecule has 0 spiro atoms. The summed E-state index contributed by atoms with van der Waals surface area (Å²) in [5, 5.41) is 3.56. The van der Waals surface area contributed by atoms with Crippen LogP contribution < -0.4 is 5.32 Å². The van der Waals surface area contributed by atoms with Crippen molar-refractivity contribution < 1.29 is 9.53 Å². The molecular formula is C18H27NO2. The summed E-state index contributed by atoms with van der Waals surface area (Å²) in [6.45, 7) is 8.71. The van der Waals surface area contributed by atoms with Crippen molar-refractivity contribution in [2.24, 2.45) is 5.41 Å². The van der Waals surface area contributed by atoms with Gasteiger partial charge in [0.25, 0.3) is 0 Å². The molecule has 116 valence electrons. The molecule has 1 aliphatic rings. The number of hydrogen-bond donors (Lipinski definition) is 1.